The Kier molecular flexibility index (Phi) is 3.52. The van der Waals surface area contributed by atoms with Crippen LogP contribution >= 0.6 is 0 Å². The van der Waals surface area contributed by atoms with Crippen molar-refractivity contribution in [1.29, 1.82) is 0 Å². The first kappa shape index (κ1) is 11.0. The van der Waals surface area contributed by atoms with Crippen LogP contribution in [0.25, 0.3) is 0 Å². The molecule has 0 aliphatic rings. The highest BCUT2D eigenvalue weighted by atomic mass is 32.2. The van der Waals surface area contributed by atoms with Crippen LogP contribution in [-0.2, 0) is 9.84 Å². The molecule has 0 amide bonds. The van der Waals surface area contributed by atoms with Gasteiger partial charge < -0.3 is 5.73 Å². The van der Waals surface area contributed by atoms with Crippen molar-refractivity contribution in [3.63, 3.8) is 0 Å². The van der Waals surface area contributed by atoms with E-state index in [1.54, 1.807) is 18.2 Å². The molecular weight excluding hydrogens is 198 g/mol. The van der Waals surface area contributed by atoms with Crippen molar-refractivity contribution in [3.05, 3.63) is 24.3 Å². The molecule has 1 aromatic carbocycles. The third-order valence-corrected chi connectivity index (χ3v) is 3.78. The Bertz CT molecular complexity index is 398. The molecule has 0 bridgehead atoms. The molecule has 0 aromatic heterocycles. The Morgan fingerprint density at radius 1 is 1.36 bits per heavy atom. The molecule has 0 spiro atoms. The van der Waals surface area contributed by atoms with Gasteiger partial charge in [0.2, 0.25) is 0 Å². The van der Waals surface area contributed by atoms with E-state index in [-0.39, 0.29) is 5.75 Å². The van der Waals surface area contributed by atoms with Crippen molar-refractivity contribution in [2.45, 2.75) is 24.7 Å². The van der Waals surface area contributed by atoms with E-state index in [1.807, 2.05) is 6.92 Å². The first-order valence-electron chi connectivity index (χ1n) is 4.64. The molecule has 2 N–H and O–H groups in total. The normalized spacial score (nSPS) is 11.5. The van der Waals surface area contributed by atoms with Gasteiger partial charge in [0, 0.05) is 5.69 Å². The molecule has 14 heavy (non-hydrogen) atoms. The molecule has 0 unspecified atom stereocenters. The van der Waals surface area contributed by atoms with Crippen molar-refractivity contribution in [3.8, 4) is 0 Å². The van der Waals surface area contributed by atoms with E-state index in [0.717, 1.165) is 6.42 Å². The van der Waals surface area contributed by atoms with Crippen molar-refractivity contribution in [2.24, 2.45) is 0 Å². The van der Waals surface area contributed by atoms with Gasteiger partial charge in [0.15, 0.2) is 9.84 Å². The van der Waals surface area contributed by atoms with Gasteiger partial charge >= 0.3 is 0 Å². The van der Waals surface area contributed by atoms with Gasteiger partial charge in [-0.2, -0.15) is 0 Å². The summed E-state index contributed by atoms with van der Waals surface area (Å²) < 4.78 is 23.4. The Balaban J connectivity index is 2.93. The number of hydrogen-bond donors (Lipinski definition) is 1. The van der Waals surface area contributed by atoms with Crippen LogP contribution in [0.2, 0.25) is 0 Å². The quantitative estimate of drug-likeness (QED) is 0.776. The lowest BCUT2D eigenvalue weighted by molar-refractivity contribution is 0.592. The Labute approximate surface area is 84.9 Å². The summed E-state index contributed by atoms with van der Waals surface area (Å²) in [4.78, 5) is 0.325. The van der Waals surface area contributed by atoms with Crippen LogP contribution in [0.5, 0.6) is 0 Å². The van der Waals surface area contributed by atoms with Crippen LogP contribution in [0.15, 0.2) is 29.2 Å². The highest BCUT2D eigenvalue weighted by Crippen LogP contribution is 2.15. The fourth-order valence-electron chi connectivity index (χ4n) is 1.16. The third kappa shape index (κ3) is 2.73. The lowest BCUT2D eigenvalue weighted by Crippen LogP contribution is -2.06. The summed E-state index contributed by atoms with van der Waals surface area (Å²) in [6, 6.07) is 6.43. The maximum Gasteiger partial charge on any atom is 0.178 e. The van der Waals surface area contributed by atoms with E-state index in [2.05, 4.69) is 0 Å². The Morgan fingerprint density at radius 2 is 2.07 bits per heavy atom. The average Bonchev–Trinajstić information content (AvgIpc) is 2.15. The van der Waals surface area contributed by atoms with Crippen LogP contribution in [0.1, 0.15) is 19.8 Å². The summed E-state index contributed by atoms with van der Waals surface area (Å²) in [7, 11) is -3.12. The highest BCUT2D eigenvalue weighted by Gasteiger charge is 2.12. The van der Waals surface area contributed by atoms with E-state index in [0.29, 0.717) is 17.0 Å². The van der Waals surface area contributed by atoms with Gasteiger partial charge in [0.25, 0.3) is 0 Å². The van der Waals surface area contributed by atoms with Gasteiger partial charge in [0.05, 0.1) is 10.6 Å². The molecule has 0 atom stereocenters. The molecule has 3 nitrogen and oxygen atoms in total. The smallest absolute Gasteiger partial charge is 0.178 e. The molecule has 1 rings (SSSR count). The molecule has 4 heteroatoms. The Hall–Kier alpha value is -1.03. The van der Waals surface area contributed by atoms with Crippen LogP contribution in [0, 0.1) is 0 Å². The molecule has 78 valence electrons. The number of benzene rings is 1. The lowest BCUT2D eigenvalue weighted by Gasteiger charge is -2.03. The Morgan fingerprint density at radius 3 is 2.64 bits per heavy atom. The number of sulfone groups is 1. The number of anilines is 1. The minimum atomic E-state index is -3.12. The fourth-order valence-corrected chi connectivity index (χ4v) is 2.67. The standard InChI is InChI=1S/C10H15NO2S/c1-2-3-7-14(12,13)10-6-4-5-9(11)8-10/h4-6,8H,2-3,7,11H2,1H3. The van der Waals surface area contributed by atoms with Crippen molar-refractivity contribution in [2.75, 3.05) is 11.5 Å². The third-order valence-electron chi connectivity index (χ3n) is 1.98. The average molecular weight is 213 g/mol. The van der Waals surface area contributed by atoms with Crippen LogP contribution in [0.4, 0.5) is 5.69 Å². The largest absolute Gasteiger partial charge is 0.399 e. The maximum atomic E-state index is 11.7. The molecule has 0 saturated carbocycles. The molecule has 0 saturated heterocycles. The zero-order chi connectivity index (χ0) is 10.6. The van der Waals surface area contributed by atoms with Gasteiger partial charge in [-0.3, -0.25) is 0 Å². The zero-order valence-corrected chi connectivity index (χ0v) is 9.05. The minimum Gasteiger partial charge on any atom is -0.399 e. The van der Waals surface area contributed by atoms with Gasteiger partial charge in [0.1, 0.15) is 0 Å². The number of unbranched alkanes of at least 4 members (excludes halogenated alkanes) is 1. The topological polar surface area (TPSA) is 60.2 Å². The van der Waals surface area contributed by atoms with E-state index < -0.39 is 9.84 Å². The lowest BCUT2D eigenvalue weighted by atomic mass is 10.3. The van der Waals surface area contributed by atoms with Gasteiger partial charge in [-0.1, -0.05) is 19.4 Å². The second-order valence-electron chi connectivity index (χ2n) is 3.24. The van der Waals surface area contributed by atoms with E-state index in [4.69, 9.17) is 5.73 Å². The molecule has 0 heterocycles. The predicted molar refractivity (Wildman–Crippen MR) is 57.8 cm³/mol. The number of rotatable bonds is 4. The SMILES string of the molecule is CCCCS(=O)(=O)c1cccc(N)c1. The van der Waals surface area contributed by atoms with Crippen molar-refractivity contribution < 1.29 is 8.42 Å². The molecule has 0 fully saturated rings. The van der Waals surface area contributed by atoms with Crippen LogP contribution in [0.3, 0.4) is 0 Å². The zero-order valence-electron chi connectivity index (χ0n) is 8.23. The van der Waals surface area contributed by atoms with Crippen LogP contribution < -0.4 is 5.73 Å². The number of nitrogen functional groups attached to an aromatic ring is 1. The monoisotopic (exact) mass is 213 g/mol. The number of nitrogens with two attached hydrogens (primary N) is 1. The van der Waals surface area contributed by atoms with Gasteiger partial charge in [-0.05, 0) is 24.6 Å². The minimum absolute atomic E-state index is 0.201. The first-order chi connectivity index (χ1) is 6.56. The number of hydrogen-bond acceptors (Lipinski definition) is 3. The van der Waals surface area contributed by atoms with Crippen LogP contribution in [-0.4, -0.2) is 14.2 Å². The molecule has 0 aliphatic carbocycles. The molecule has 0 radical (unpaired) electrons. The second-order valence-corrected chi connectivity index (χ2v) is 5.35. The van der Waals surface area contributed by atoms with E-state index in [1.165, 1.54) is 6.07 Å². The van der Waals surface area contributed by atoms with E-state index in [9.17, 15) is 8.42 Å². The summed E-state index contributed by atoms with van der Waals surface area (Å²) in [6.07, 6.45) is 1.57. The van der Waals surface area contributed by atoms with Crippen molar-refractivity contribution in [1.82, 2.24) is 0 Å². The maximum absolute atomic E-state index is 11.7. The summed E-state index contributed by atoms with van der Waals surface area (Å²) >= 11 is 0. The highest BCUT2D eigenvalue weighted by molar-refractivity contribution is 7.91. The molecule has 1 aromatic rings. The molecular formula is C10H15NO2S. The summed E-state index contributed by atoms with van der Waals surface area (Å²) in [6.45, 7) is 1.97. The predicted octanol–water partition coefficient (Wildman–Crippen LogP) is 1.84. The van der Waals surface area contributed by atoms with Gasteiger partial charge in [-0.25, -0.2) is 8.42 Å². The van der Waals surface area contributed by atoms with E-state index >= 15 is 0 Å². The second kappa shape index (κ2) is 4.46. The van der Waals surface area contributed by atoms with Crippen molar-refractivity contribution >= 4 is 15.5 Å². The molecule has 0 aliphatic heterocycles. The van der Waals surface area contributed by atoms with Gasteiger partial charge in [-0.15, -0.1) is 0 Å². The summed E-state index contributed by atoms with van der Waals surface area (Å²) in [5, 5.41) is 0. The fraction of sp³-hybridized carbons (Fsp3) is 0.400. The summed E-state index contributed by atoms with van der Waals surface area (Å²) in [5.74, 6) is 0.201. The summed E-state index contributed by atoms with van der Waals surface area (Å²) in [5.41, 5.74) is 6.01. The first-order valence-corrected chi connectivity index (χ1v) is 6.30.